The minimum absolute atomic E-state index is 0.335. The van der Waals surface area contributed by atoms with Crippen molar-refractivity contribution in [2.24, 2.45) is 5.41 Å². The van der Waals surface area contributed by atoms with Crippen LogP contribution in [0.25, 0.3) is 0 Å². The van der Waals surface area contributed by atoms with Crippen LogP contribution in [0.1, 0.15) is 32.5 Å². The lowest BCUT2D eigenvalue weighted by molar-refractivity contribution is 0.213. The summed E-state index contributed by atoms with van der Waals surface area (Å²) in [7, 11) is 0. The molecule has 0 bridgehead atoms. The Morgan fingerprint density at radius 1 is 1.46 bits per heavy atom. The maximum absolute atomic E-state index is 3.46. The van der Waals surface area contributed by atoms with Gasteiger partial charge in [-0.25, -0.2) is 0 Å². The molecule has 1 unspecified atom stereocenters. The van der Waals surface area contributed by atoms with Gasteiger partial charge in [0.25, 0.3) is 0 Å². The lowest BCUT2D eigenvalue weighted by atomic mass is 9.85. The van der Waals surface area contributed by atoms with Crippen LogP contribution in [0.4, 0.5) is 0 Å². The Balaban J connectivity index is 2.35. The van der Waals surface area contributed by atoms with Crippen LogP contribution < -0.4 is 5.32 Å². The zero-order chi connectivity index (χ0) is 9.47. The first-order valence-corrected chi connectivity index (χ1v) is 4.95. The number of hydrogen-bond donors (Lipinski definition) is 1. The molecule has 1 atom stereocenters. The van der Waals surface area contributed by atoms with Crippen LogP contribution in [-0.4, -0.2) is 11.1 Å². The van der Waals surface area contributed by atoms with E-state index in [0.29, 0.717) is 11.5 Å². The summed E-state index contributed by atoms with van der Waals surface area (Å²) in [6, 6.07) is 4.93. The predicted octanol–water partition coefficient (Wildman–Crippen LogP) is 2.18. The third-order valence-corrected chi connectivity index (χ3v) is 2.85. The molecule has 1 N–H and O–H groups in total. The maximum Gasteiger partial charge on any atom is 0.0506 e. The van der Waals surface area contributed by atoms with Crippen LogP contribution in [0, 0.1) is 5.41 Å². The van der Waals surface area contributed by atoms with Gasteiger partial charge in [0.15, 0.2) is 0 Å². The largest absolute Gasteiger partial charge is 0.345 e. The van der Waals surface area contributed by atoms with Gasteiger partial charge in [0.05, 0.1) is 6.04 Å². The second kappa shape index (κ2) is 2.88. The van der Waals surface area contributed by atoms with Crippen LogP contribution >= 0.6 is 0 Å². The Morgan fingerprint density at radius 2 is 2.23 bits per heavy atom. The molecule has 0 aromatic carbocycles. The van der Waals surface area contributed by atoms with E-state index in [2.05, 4.69) is 49.0 Å². The first kappa shape index (κ1) is 8.82. The number of fused-ring (bicyclic) bond motifs is 1. The molecule has 2 heteroatoms. The molecule has 1 aromatic rings. The van der Waals surface area contributed by atoms with Crippen LogP contribution in [0.2, 0.25) is 0 Å². The Morgan fingerprint density at radius 3 is 2.92 bits per heavy atom. The van der Waals surface area contributed by atoms with Crippen molar-refractivity contribution in [3.63, 3.8) is 0 Å². The summed E-state index contributed by atoms with van der Waals surface area (Å²) in [5.41, 5.74) is 1.74. The molecule has 2 rings (SSSR count). The first-order valence-electron chi connectivity index (χ1n) is 4.95. The third-order valence-electron chi connectivity index (χ3n) is 2.85. The van der Waals surface area contributed by atoms with E-state index >= 15 is 0 Å². The minimum atomic E-state index is 0.335. The van der Waals surface area contributed by atoms with E-state index in [1.807, 2.05) is 0 Å². The highest BCUT2D eigenvalue weighted by Gasteiger charge is 2.28. The van der Waals surface area contributed by atoms with E-state index in [4.69, 9.17) is 0 Å². The monoisotopic (exact) mass is 178 g/mol. The van der Waals surface area contributed by atoms with E-state index < -0.39 is 0 Å². The van der Waals surface area contributed by atoms with E-state index in [-0.39, 0.29) is 0 Å². The van der Waals surface area contributed by atoms with Crippen molar-refractivity contribution in [1.82, 2.24) is 9.88 Å². The average Bonchev–Trinajstić information content (AvgIpc) is 2.48. The smallest absolute Gasteiger partial charge is 0.0506 e. The molecule has 13 heavy (non-hydrogen) atoms. The quantitative estimate of drug-likeness (QED) is 0.644. The molecule has 1 aromatic heterocycles. The Labute approximate surface area is 79.9 Å². The Bertz CT molecular complexity index is 293. The van der Waals surface area contributed by atoms with Crippen LogP contribution in [0.3, 0.4) is 0 Å². The van der Waals surface area contributed by atoms with Crippen LogP contribution in [0.15, 0.2) is 18.3 Å². The Kier molecular flexibility index (Phi) is 1.95. The van der Waals surface area contributed by atoms with E-state index in [9.17, 15) is 0 Å². The first-order chi connectivity index (χ1) is 6.09. The lowest BCUT2D eigenvalue weighted by Crippen LogP contribution is -2.39. The van der Waals surface area contributed by atoms with Gasteiger partial charge in [-0.15, -0.1) is 0 Å². The van der Waals surface area contributed by atoms with Gasteiger partial charge in [-0.2, -0.15) is 0 Å². The van der Waals surface area contributed by atoms with Crippen molar-refractivity contribution in [3.05, 3.63) is 24.0 Å². The maximum atomic E-state index is 3.46. The predicted molar refractivity (Wildman–Crippen MR) is 54.6 cm³/mol. The van der Waals surface area contributed by atoms with Gasteiger partial charge in [-0.1, -0.05) is 20.8 Å². The molecule has 1 aliphatic heterocycles. The molecule has 72 valence electrons. The highest BCUT2D eigenvalue weighted by Crippen LogP contribution is 2.32. The highest BCUT2D eigenvalue weighted by atomic mass is 15.1. The minimum Gasteiger partial charge on any atom is -0.345 e. The fraction of sp³-hybridized carbons (Fsp3) is 0.636. The summed E-state index contributed by atoms with van der Waals surface area (Å²) in [5.74, 6) is 0. The van der Waals surface area contributed by atoms with Crippen molar-refractivity contribution in [3.8, 4) is 0 Å². The van der Waals surface area contributed by atoms with Crippen molar-refractivity contribution >= 4 is 0 Å². The lowest BCUT2D eigenvalue weighted by Gasteiger charge is -2.36. The van der Waals surface area contributed by atoms with Gasteiger partial charge in [-0.05, 0) is 17.5 Å². The topological polar surface area (TPSA) is 17.0 Å². The standard InChI is InChI=1S/C11H18N2/c1-11(2,3)10-8-12-7-9-5-4-6-13(9)10/h4-6,10,12H,7-8H2,1-3H3. The van der Waals surface area contributed by atoms with E-state index in [0.717, 1.165) is 13.1 Å². The molecule has 0 radical (unpaired) electrons. The molecule has 1 aliphatic rings. The van der Waals surface area contributed by atoms with Gasteiger partial charge in [-0.3, -0.25) is 0 Å². The fourth-order valence-corrected chi connectivity index (χ4v) is 2.04. The molecule has 0 amide bonds. The summed E-state index contributed by atoms with van der Waals surface area (Å²) in [6.45, 7) is 9.00. The van der Waals surface area contributed by atoms with Gasteiger partial charge in [0, 0.05) is 25.0 Å². The summed E-state index contributed by atoms with van der Waals surface area (Å²) in [6.07, 6.45) is 2.20. The van der Waals surface area contributed by atoms with E-state index in [1.165, 1.54) is 5.69 Å². The molecule has 0 saturated carbocycles. The van der Waals surface area contributed by atoms with Crippen LogP contribution in [-0.2, 0) is 6.54 Å². The molecule has 2 nitrogen and oxygen atoms in total. The molecular weight excluding hydrogens is 160 g/mol. The molecule has 0 spiro atoms. The summed E-state index contributed by atoms with van der Waals surface area (Å²) >= 11 is 0. The number of nitrogens with one attached hydrogen (secondary N) is 1. The molecular formula is C11H18N2. The van der Waals surface area contributed by atoms with Gasteiger partial charge in [0.2, 0.25) is 0 Å². The Hall–Kier alpha value is -0.760. The van der Waals surface area contributed by atoms with Crippen LogP contribution in [0.5, 0.6) is 0 Å². The van der Waals surface area contributed by atoms with Crippen molar-refractivity contribution < 1.29 is 0 Å². The normalized spacial score (nSPS) is 22.8. The summed E-state index contributed by atoms with van der Waals surface area (Å²) < 4.78 is 2.41. The highest BCUT2D eigenvalue weighted by molar-refractivity contribution is 5.12. The molecule has 2 heterocycles. The van der Waals surface area contributed by atoms with E-state index in [1.54, 1.807) is 0 Å². The number of nitrogens with zero attached hydrogens (tertiary/aromatic N) is 1. The van der Waals surface area contributed by atoms with Crippen molar-refractivity contribution in [2.75, 3.05) is 6.54 Å². The zero-order valence-corrected chi connectivity index (χ0v) is 8.67. The van der Waals surface area contributed by atoms with Crippen molar-refractivity contribution in [1.29, 1.82) is 0 Å². The molecule has 0 fully saturated rings. The summed E-state index contributed by atoms with van der Waals surface area (Å²) in [5, 5.41) is 3.46. The number of aromatic nitrogens is 1. The van der Waals surface area contributed by atoms with Gasteiger partial charge < -0.3 is 9.88 Å². The second-order valence-electron chi connectivity index (χ2n) is 4.92. The fourth-order valence-electron chi connectivity index (χ4n) is 2.04. The molecule has 0 saturated heterocycles. The molecule has 0 aliphatic carbocycles. The number of hydrogen-bond acceptors (Lipinski definition) is 1. The van der Waals surface area contributed by atoms with Gasteiger partial charge in [0.1, 0.15) is 0 Å². The summed E-state index contributed by atoms with van der Waals surface area (Å²) in [4.78, 5) is 0. The zero-order valence-electron chi connectivity index (χ0n) is 8.67. The number of rotatable bonds is 0. The third kappa shape index (κ3) is 1.51. The SMILES string of the molecule is CC(C)(C)C1CNCc2cccn21. The van der Waals surface area contributed by atoms with Crippen molar-refractivity contribution in [2.45, 2.75) is 33.4 Å². The average molecular weight is 178 g/mol. The second-order valence-corrected chi connectivity index (χ2v) is 4.92. The van der Waals surface area contributed by atoms with Gasteiger partial charge >= 0.3 is 0 Å².